The summed E-state index contributed by atoms with van der Waals surface area (Å²) in [5, 5.41) is 6.89. The van der Waals surface area contributed by atoms with Crippen LogP contribution in [0, 0.1) is 11.8 Å². The van der Waals surface area contributed by atoms with Crippen molar-refractivity contribution >= 4 is 35.8 Å². The summed E-state index contributed by atoms with van der Waals surface area (Å²) in [6.07, 6.45) is 4.97. The van der Waals surface area contributed by atoms with Crippen molar-refractivity contribution in [1.82, 2.24) is 10.6 Å². The molecule has 1 aliphatic carbocycles. The monoisotopic (exact) mass is 472 g/mol. The van der Waals surface area contributed by atoms with Crippen LogP contribution in [-0.2, 0) is 6.54 Å². The molecule has 4 N–H and O–H groups in total. The Morgan fingerprint density at radius 3 is 2.54 bits per heavy atom. The molecule has 0 radical (unpaired) electrons. The number of nitrogens with one attached hydrogen (secondary N) is 2. The second kappa shape index (κ2) is 11.4. The minimum atomic E-state index is -0.405. The van der Waals surface area contributed by atoms with E-state index >= 15 is 0 Å². The Kier molecular flexibility index (Phi) is 9.98. The largest absolute Gasteiger partial charge is 0.366 e. The molecule has 0 saturated heterocycles. The number of primary amides is 1. The number of hydrogen-bond acceptors (Lipinski definition) is 2. The van der Waals surface area contributed by atoms with E-state index in [2.05, 4.69) is 36.4 Å². The van der Waals surface area contributed by atoms with Gasteiger partial charge in [0, 0.05) is 18.2 Å². The van der Waals surface area contributed by atoms with E-state index in [1.54, 1.807) is 6.07 Å². The lowest BCUT2D eigenvalue weighted by Gasteiger charge is -2.32. The van der Waals surface area contributed by atoms with Crippen LogP contribution in [-0.4, -0.2) is 24.5 Å². The number of hydrogen-bond donors (Lipinski definition) is 3. The summed E-state index contributed by atoms with van der Waals surface area (Å²) >= 11 is 0. The molecule has 26 heavy (non-hydrogen) atoms. The maximum atomic E-state index is 11.3. The quantitative estimate of drug-likeness (QED) is 0.336. The standard InChI is InChI=1S/C20H32N4O.HI/c1-4-22-20(24-18-10-8-16(9-11-18)14(2)3)23-13-15-6-5-7-17(12-15)19(21)25;/h5-7,12,14,16,18H,4,8-11,13H2,1-3H3,(H2,21,25)(H2,22,23,24);1H. The Morgan fingerprint density at radius 2 is 1.96 bits per heavy atom. The zero-order valence-electron chi connectivity index (χ0n) is 16.1. The third-order valence-electron chi connectivity index (χ3n) is 5.03. The first-order valence-electron chi connectivity index (χ1n) is 9.43. The lowest BCUT2D eigenvalue weighted by molar-refractivity contribution is 0.1000. The molecule has 0 heterocycles. The number of carbonyl (C=O) groups is 1. The molecule has 1 aromatic carbocycles. The van der Waals surface area contributed by atoms with Crippen LogP contribution >= 0.6 is 24.0 Å². The molecule has 6 heteroatoms. The SMILES string of the molecule is CCNC(=NCc1cccc(C(N)=O)c1)NC1CCC(C(C)C)CC1.I. The van der Waals surface area contributed by atoms with Crippen molar-refractivity contribution in [2.75, 3.05) is 6.54 Å². The van der Waals surface area contributed by atoms with Crippen molar-refractivity contribution < 1.29 is 4.79 Å². The van der Waals surface area contributed by atoms with Crippen LogP contribution < -0.4 is 16.4 Å². The Labute approximate surface area is 174 Å². The minimum Gasteiger partial charge on any atom is -0.366 e. The second-order valence-corrected chi connectivity index (χ2v) is 7.26. The van der Waals surface area contributed by atoms with E-state index in [4.69, 9.17) is 5.73 Å². The molecule has 0 aliphatic heterocycles. The van der Waals surface area contributed by atoms with Crippen LogP contribution in [0.15, 0.2) is 29.3 Å². The zero-order valence-corrected chi connectivity index (χ0v) is 18.5. The normalized spacial score (nSPS) is 20.4. The van der Waals surface area contributed by atoms with Gasteiger partial charge in [0.2, 0.25) is 5.91 Å². The van der Waals surface area contributed by atoms with Gasteiger partial charge in [0.05, 0.1) is 6.54 Å². The minimum absolute atomic E-state index is 0. The fourth-order valence-electron chi connectivity index (χ4n) is 3.44. The van der Waals surface area contributed by atoms with Gasteiger partial charge in [-0.2, -0.15) is 0 Å². The smallest absolute Gasteiger partial charge is 0.248 e. The molecule has 0 bridgehead atoms. The maximum Gasteiger partial charge on any atom is 0.248 e. The first kappa shape index (κ1) is 22.7. The van der Waals surface area contributed by atoms with Crippen molar-refractivity contribution in [3.05, 3.63) is 35.4 Å². The number of amides is 1. The summed E-state index contributed by atoms with van der Waals surface area (Å²) in [4.78, 5) is 16.0. The van der Waals surface area contributed by atoms with Crippen molar-refractivity contribution in [2.45, 2.75) is 59.0 Å². The topological polar surface area (TPSA) is 79.5 Å². The molecule has 146 valence electrons. The predicted molar refractivity (Wildman–Crippen MR) is 119 cm³/mol. The van der Waals surface area contributed by atoms with Gasteiger partial charge in [-0.3, -0.25) is 4.79 Å². The second-order valence-electron chi connectivity index (χ2n) is 7.26. The van der Waals surface area contributed by atoms with Gasteiger partial charge in [-0.15, -0.1) is 24.0 Å². The average molecular weight is 472 g/mol. The summed E-state index contributed by atoms with van der Waals surface area (Å²) in [7, 11) is 0. The summed E-state index contributed by atoms with van der Waals surface area (Å²) in [6.45, 7) is 8.07. The van der Waals surface area contributed by atoms with Gasteiger partial charge in [-0.25, -0.2) is 4.99 Å². The Balaban J connectivity index is 0.00000338. The summed E-state index contributed by atoms with van der Waals surface area (Å²) in [6, 6.07) is 7.84. The van der Waals surface area contributed by atoms with Crippen molar-refractivity contribution in [2.24, 2.45) is 22.6 Å². The highest BCUT2D eigenvalue weighted by Crippen LogP contribution is 2.29. The van der Waals surface area contributed by atoms with Gasteiger partial charge in [0.1, 0.15) is 0 Å². The van der Waals surface area contributed by atoms with Crippen molar-refractivity contribution in [3.63, 3.8) is 0 Å². The van der Waals surface area contributed by atoms with Gasteiger partial charge in [0.25, 0.3) is 0 Å². The van der Waals surface area contributed by atoms with Gasteiger partial charge >= 0.3 is 0 Å². The predicted octanol–water partition coefficient (Wildman–Crippen LogP) is 3.67. The van der Waals surface area contributed by atoms with Gasteiger partial charge in [-0.05, 0) is 62.1 Å². The van der Waals surface area contributed by atoms with E-state index in [1.807, 2.05) is 18.2 Å². The number of nitrogens with zero attached hydrogens (tertiary/aromatic N) is 1. The highest BCUT2D eigenvalue weighted by Gasteiger charge is 2.23. The van der Waals surface area contributed by atoms with E-state index in [-0.39, 0.29) is 24.0 Å². The average Bonchev–Trinajstić information content (AvgIpc) is 2.60. The lowest BCUT2D eigenvalue weighted by atomic mass is 9.80. The molecule has 0 spiro atoms. The molecule has 1 aliphatic rings. The van der Waals surface area contributed by atoms with E-state index in [0.717, 1.165) is 29.9 Å². The van der Waals surface area contributed by atoms with Crippen molar-refractivity contribution in [1.29, 1.82) is 0 Å². The lowest BCUT2D eigenvalue weighted by Crippen LogP contribution is -2.45. The molecule has 1 aromatic rings. The van der Waals surface area contributed by atoms with E-state index in [0.29, 0.717) is 18.2 Å². The summed E-state index contributed by atoms with van der Waals surface area (Å²) in [5.74, 6) is 2.08. The highest BCUT2D eigenvalue weighted by atomic mass is 127. The third-order valence-corrected chi connectivity index (χ3v) is 5.03. The number of rotatable bonds is 6. The first-order valence-corrected chi connectivity index (χ1v) is 9.43. The number of carbonyl (C=O) groups excluding carboxylic acids is 1. The number of guanidine groups is 1. The highest BCUT2D eigenvalue weighted by molar-refractivity contribution is 14.0. The van der Waals surface area contributed by atoms with E-state index < -0.39 is 5.91 Å². The Bertz CT molecular complexity index is 595. The van der Waals surface area contributed by atoms with E-state index in [1.165, 1.54) is 25.7 Å². The molecule has 5 nitrogen and oxygen atoms in total. The molecular formula is C20H33IN4O. The molecule has 2 rings (SSSR count). The van der Waals surface area contributed by atoms with Crippen LogP contribution in [0.1, 0.15) is 62.4 Å². The summed E-state index contributed by atoms with van der Waals surface area (Å²) < 4.78 is 0. The molecule has 0 unspecified atom stereocenters. The molecule has 1 fully saturated rings. The first-order chi connectivity index (χ1) is 12.0. The van der Waals surface area contributed by atoms with Gasteiger partial charge < -0.3 is 16.4 Å². The molecular weight excluding hydrogens is 439 g/mol. The maximum absolute atomic E-state index is 11.3. The van der Waals surface area contributed by atoms with Crippen LogP contribution in [0.2, 0.25) is 0 Å². The Hall–Kier alpha value is -1.31. The van der Waals surface area contributed by atoms with E-state index in [9.17, 15) is 4.79 Å². The molecule has 1 saturated carbocycles. The zero-order chi connectivity index (χ0) is 18.2. The molecule has 0 aromatic heterocycles. The molecule has 1 amide bonds. The van der Waals surface area contributed by atoms with Crippen LogP contribution in [0.3, 0.4) is 0 Å². The van der Waals surface area contributed by atoms with Gasteiger partial charge in [0.15, 0.2) is 5.96 Å². The van der Waals surface area contributed by atoms with Gasteiger partial charge in [-0.1, -0.05) is 26.0 Å². The van der Waals surface area contributed by atoms with Crippen LogP contribution in [0.4, 0.5) is 0 Å². The van der Waals surface area contributed by atoms with Crippen LogP contribution in [0.25, 0.3) is 0 Å². The van der Waals surface area contributed by atoms with Crippen LogP contribution in [0.5, 0.6) is 0 Å². The number of halogens is 1. The molecule has 0 atom stereocenters. The fourth-order valence-corrected chi connectivity index (χ4v) is 3.44. The number of aliphatic imine (C=N–C) groups is 1. The number of nitrogens with two attached hydrogens (primary N) is 1. The fraction of sp³-hybridized carbons (Fsp3) is 0.600. The van der Waals surface area contributed by atoms with Crippen molar-refractivity contribution in [3.8, 4) is 0 Å². The number of benzene rings is 1. The third kappa shape index (κ3) is 7.13. The Morgan fingerprint density at radius 1 is 1.27 bits per heavy atom. The summed E-state index contributed by atoms with van der Waals surface area (Å²) in [5.41, 5.74) is 6.85.